The van der Waals surface area contributed by atoms with Crippen molar-refractivity contribution < 1.29 is 4.79 Å². The van der Waals surface area contributed by atoms with Gasteiger partial charge in [-0.3, -0.25) is 9.78 Å². The first kappa shape index (κ1) is 15.0. The van der Waals surface area contributed by atoms with E-state index in [1.54, 1.807) is 12.4 Å². The molecule has 0 aromatic carbocycles. The molecule has 2 rings (SSSR count). The Kier molecular flexibility index (Phi) is 5.53. The second-order valence-corrected chi connectivity index (χ2v) is 5.70. The second-order valence-electron chi connectivity index (χ2n) is 5.70. The SMILES string of the molecule is CCCN(CC1CCNCC1)C(=O)c1cncc(C)c1. The van der Waals surface area contributed by atoms with Crippen molar-refractivity contribution in [2.24, 2.45) is 5.92 Å². The number of aromatic nitrogens is 1. The van der Waals surface area contributed by atoms with Gasteiger partial charge >= 0.3 is 0 Å². The number of nitrogens with zero attached hydrogens (tertiary/aromatic N) is 2. The van der Waals surface area contributed by atoms with Crippen molar-refractivity contribution in [1.29, 1.82) is 0 Å². The molecular weight excluding hydrogens is 250 g/mol. The maximum atomic E-state index is 12.6. The summed E-state index contributed by atoms with van der Waals surface area (Å²) in [5, 5.41) is 3.37. The molecule has 0 radical (unpaired) electrons. The second kappa shape index (κ2) is 7.39. The molecule has 0 unspecified atom stereocenters. The van der Waals surface area contributed by atoms with Crippen LogP contribution in [0.25, 0.3) is 0 Å². The number of rotatable bonds is 5. The van der Waals surface area contributed by atoms with Gasteiger partial charge in [0.25, 0.3) is 5.91 Å². The fourth-order valence-electron chi connectivity index (χ4n) is 2.78. The molecule has 0 spiro atoms. The Morgan fingerprint density at radius 3 is 2.80 bits per heavy atom. The largest absolute Gasteiger partial charge is 0.338 e. The smallest absolute Gasteiger partial charge is 0.255 e. The van der Waals surface area contributed by atoms with Gasteiger partial charge in [0.1, 0.15) is 0 Å². The van der Waals surface area contributed by atoms with Gasteiger partial charge in [0, 0.05) is 25.5 Å². The highest BCUT2D eigenvalue weighted by Gasteiger charge is 2.21. The van der Waals surface area contributed by atoms with Crippen LogP contribution >= 0.6 is 0 Å². The molecule has 1 aliphatic heterocycles. The maximum Gasteiger partial charge on any atom is 0.255 e. The van der Waals surface area contributed by atoms with Crippen molar-refractivity contribution >= 4 is 5.91 Å². The predicted octanol–water partition coefficient (Wildman–Crippen LogP) is 2.24. The molecule has 20 heavy (non-hydrogen) atoms. The molecule has 110 valence electrons. The van der Waals surface area contributed by atoms with Crippen molar-refractivity contribution in [1.82, 2.24) is 15.2 Å². The molecule has 0 atom stereocenters. The van der Waals surface area contributed by atoms with Crippen LogP contribution in [0.3, 0.4) is 0 Å². The number of pyridine rings is 1. The summed E-state index contributed by atoms with van der Waals surface area (Å²) in [5.41, 5.74) is 1.75. The number of aryl methyl sites for hydroxylation is 1. The third kappa shape index (κ3) is 4.04. The molecular formula is C16H25N3O. The zero-order valence-corrected chi connectivity index (χ0v) is 12.6. The monoisotopic (exact) mass is 275 g/mol. The minimum Gasteiger partial charge on any atom is -0.338 e. The number of piperidine rings is 1. The van der Waals surface area contributed by atoms with Crippen LogP contribution < -0.4 is 5.32 Å². The van der Waals surface area contributed by atoms with Crippen LogP contribution in [0.4, 0.5) is 0 Å². The number of nitrogens with one attached hydrogen (secondary N) is 1. The third-order valence-corrected chi connectivity index (χ3v) is 3.84. The van der Waals surface area contributed by atoms with Gasteiger partial charge in [-0.05, 0) is 56.8 Å². The van der Waals surface area contributed by atoms with E-state index in [0.717, 1.165) is 38.2 Å². The van der Waals surface area contributed by atoms with E-state index in [-0.39, 0.29) is 5.91 Å². The predicted molar refractivity (Wildman–Crippen MR) is 80.8 cm³/mol. The lowest BCUT2D eigenvalue weighted by Crippen LogP contribution is -2.39. The van der Waals surface area contributed by atoms with Gasteiger partial charge in [0.2, 0.25) is 0 Å². The highest BCUT2D eigenvalue weighted by atomic mass is 16.2. The Morgan fingerprint density at radius 1 is 1.40 bits per heavy atom. The normalized spacial score (nSPS) is 16.1. The van der Waals surface area contributed by atoms with Crippen LogP contribution in [-0.4, -0.2) is 42.0 Å². The van der Waals surface area contributed by atoms with Gasteiger partial charge in [-0.2, -0.15) is 0 Å². The molecule has 4 nitrogen and oxygen atoms in total. The first-order valence-corrected chi connectivity index (χ1v) is 7.62. The van der Waals surface area contributed by atoms with Crippen molar-refractivity contribution in [2.45, 2.75) is 33.1 Å². The van der Waals surface area contributed by atoms with Gasteiger partial charge in [-0.25, -0.2) is 0 Å². The number of hydrogen-bond acceptors (Lipinski definition) is 3. The average molecular weight is 275 g/mol. The Bertz CT molecular complexity index is 441. The van der Waals surface area contributed by atoms with E-state index >= 15 is 0 Å². The van der Waals surface area contributed by atoms with Gasteiger partial charge in [0.15, 0.2) is 0 Å². The fourth-order valence-corrected chi connectivity index (χ4v) is 2.78. The van der Waals surface area contributed by atoms with E-state index in [1.165, 1.54) is 12.8 Å². The minimum atomic E-state index is 0.126. The Balaban J connectivity index is 2.04. The molecule has 2 heterocycles. The molecule has 1 saturated heterocycles. The molecule has 0 aliphatic carbocycles. The van der Waals surface area contributed by atoms with Crippen LogP contribution in [0.15, 0.2) is 18.5 Å². The van der Waals surface area contributed by atoms with E-state index in [4.69, 9.17) is 0 Å². The Morgan fingerprint density at radius 2 is 2.15 bits per heavy atom. The van der Waals surface area contributed by atoms with E-state index in [9.17, 15) is 4.79 Å². The van der Waals surface area contributed by atoms with Crippen molar-refractivity contribution in [3.05, 3.63) is 29.6 Å². The van der Waals surface area contributed by atoms with Crippen LogP contribution in [0.2, 0.25) is 0 Å². The standard InChI is InChI=1S/C16H25N3O/c1-3-8-19(12-14-4-6-17-7-5-14)16(20)15-9-13(2)10-18-11-15/h9-11,14,17H,3-8,12H2,1-2H3. The highest BCUT2D eigenvalue weighted by molar-refractivity contribution is 5.94. The Labute approximate surface area is 121 Å². The molecule has 4 heteroatoms. The molecule has 0 saturated carbocycles. The Hall–Kier alpha value is -1.42. The summed E-state index contributed by atoms with van der Waals surface area (Å²) in [6.07, 6.45) is 6.79. The fraction of sp³-hybridized carbons (Fsp3) is 0.625. The molecule has 1 aliphatic rings. The summed E-state index contributed by atoms with van der Waals surface area (Å²) in [4.78, 5) is 18.8. The maximum absolute atomic E-state index is 12.6. The van der Waals surface area contributed by atoms with Gasteiger partial charge in [-0.1, -0.05) is 6.92 Å². The lowest BCUT2D eigenvalue weighted by atomic mass is 9.97. The van der Waals surface area contributed by atoms with Gasteiger partial charge < -0.3 is 10.2 Å². The van der Waals surface area contributed by atoms with E-state index in [1.807, 2.05) is 17.9 Å². The lowest BCUT2D eigenvalue weighted by molar-refractivity contribution is 0.0716. The lowest BCUT2D eigenvalue weighted by Gasteiger charge is -2.30. The third-order valence-electron chi connectivity index (χ3n) is 3.84. The average Bonchev–Trinajstić information content (AvgIpc) is 2.47. The summed E-state index contributed by atoms with van der Waals surface area (Å²) in [7, 11) is 0. The highest BCUT2D eigenvalue weighted by Crippen LogP contribution is 2.16. The molecule has 1 fully saturated rings. The molecule has 1 N–H and O–H groups in total. The van der Waals surface area contributed by atoms with Gasteiger partial charge in [-0.15, -0.1) is 0 Å². The minimum absolute atomic E-state index is 0.126. The first-order valence-electron chi connectivity index (χ1n) is 7.62. The summed E-state index contributed by atoms with van der Waals surface area (Å²) in [6, 6.07) is 1.93. The topological polar surface area (TPSA) is 45.2 Å². The number of carbonyl (C=O) groups excluding carboxylic acids is 1. The number of amides is 1. The number of hydrogen-bond donors (Lipinski definition) is 1. The molecule has 0 bridgehead atoms. The van der Waals surface area contributed by atoms with E-state index in [2.05, 4.69) is 17.2 Å². The van der Waals surface area contributed by atoms with E-state index < -0.39 is 0 Å². The summed E-state index contributed by atoms with van der Waals surface area (Å²) >= 11 is 0. The van der Waals surface area contributed by atoms with Crippen LogP contribution in [0.1, 0.15) is 42.1 Å². The van der Waals surface area contributed by atoms with Crippen molar-refractivity contribution in [2.75, 3.05) is 26.2 Å². The molecule has 1 aromatic rings. The summed E-state index contributed by atoms with van der Waals surface area (Å²) < 4.78 is 0. The van der Waals surface area contributed by atoms with Crippen LogP contribution in [-0.2, 0) is 0 Å². The molecule has 1 amide bonds. The van der Waals surface area contributed by atoms with Crippen molar-refractivity contribution in [3.8, 4) is 0 Å². The zero-order chi connectivity index (χ0) is 14.4. The van der Waals surface area contributed by atoms with Crippen LogP contribution in [0, 0.1) is 12.8 Å². The first-order chi connectivity index (χ1) is 9.70. The quantitative estimate of drug-likeness (QED) is 0.896. The zero-order valence-electron chi connectivity index (χ0n) is 12.6. The van der Waals surface area contributed by atoms with Crippen molar-refractivity contribution in [3.63, 3.8) is 0 Å². The molecule has 1 aromatic heterocycles. The van der Waals surface area contributed by atoms with Gasteiger partial charge in [0.05, 0.1) is 5.56 Å². The van der Waals surface area contributed by atoms with Crippen LogP contribution in [0.5, 0.6) is 0 Å². The van der Waals surface area contributed by atoms with E-state index in [0.29, 0.717) is 11.5 Å². The number of carbonyl (C=O) groups is 1. The summed E-state index contributed by atoms with van der Waals surface area (Å²) in [6.45, 7) is 7.95. The summed E-state index contributed by atoms with van der Waals surface area (Å²) in [5.74, 6) is 0.756.